The first-order valence-electron chi connectivity index (χ1n) is 5.48. The van der Waals surface area contributed by atoms with Crippen LogP contribution in [0.5, 0.6) is 0 Å². The first-order valence-corrected chi connectivity index (χ1v) is 5.48. The van der Waals surface area contributed by atoms with E-state index < -0.39 is 0 Å². The summed E-state index contributed by atoms with van der Waals surface area (Å²) in [6.45, 7) is 5.66. The van der Waals surface area contributed by atoms with Crippen molar-refractivity contribution in [3.05, 3.63) is 36.4 Å². The van der Waals surface area contributed by atoms with Crippen molar-refractivity contribution in [1.82, 2.24) is 24.8 Å². The number of nitrogens with zero attached hydrogens (tertiary/aromatic N) is 3. The molecule has 2 heterocycles. The number of aromatic nitrogens is 4. The number of hydrogen-bond acceptors (Lipinski definition) is 3. The molecule has 0 atom stereocenters. The van der Waals surface area contributed by atoms with Gasteiger partial charge >= 0.3 is 0 Å². The van der Waals surface area contributed by atoms with Crippen LogP contribution in [0.1, 0.15) is 25.4 Å². The molecule has 2 aromatic rings. The highest BCUT2D eigenvalue weighted by Gasteiger charge is 2.03. The van der Waals surface area contributed by atoms with Crippen LogP contribution in [0.4, 0.5) is 0 Å². The Kier molecular flexibility index (Phi) is 5.28. The van der Waals surface area contributed by atoms with Gasteiger partial charge in [-0.25, -0.2) is 9.97 Å². The first-order chi connectivity index (χ1) is 7.84. The Morgan fingerprint density at radius 2 is 2.06 bits per heavy atom. The van der Waals surface area contributed by atoms with Crippen molar-refractivity contribution >= 4 is 0 Å². The Hall–Kier alpha value is -1.62. The molecule has 0 aliphatic heterocycles. The fraction of sp³-hybridized carbons (Fsp3) is 0.455. The zero-order chi connectivity index (χ0) is 11.8. The summed E-state index contributed by atoms with van der Waals surface area (Å²) in [5, 5.41) is 0. The van der Waals surface area contributed by atoms with Gasteiger partial charge in [-0.05, 0) is 7.05 Å². The molecule has 0 radical (unpaired) electrons. The third kappa shape index (κ3) is 3.86. The summed E-state index contributed by atoms with van der Waals surface area (Å²) in [5.41, 5.74) is 1.11. The second-order valence-electron chi connectivity index (χ2n) is 3.29. The fourth-order valence-corrected chi connectivity index (χ4v) is 1.36. The zero-order valence-corrected chi connectivity index (χ0v) is 10.1. The molecule has 5 heteroatoms. The minimum atomic E-state index is 0.812. The van der Waals surface area contributed by atoms with Gasteiger partial charge in [-0.15, -0.1) is 0 Å². The topological polar surface area (TPSA) is 60.6 Å². The van der Waals surface area contributed by atoms with Crippen LogP contribution in [0.15, 0.2) is 24.9 Å². The highest BCUT2D eigenvalue weighted by molar-refractivity contribution is 4.94. The Bertz CT molecular complexity index is 315. The van der Waals surface area contributed by atoms with E-state index >= 15 is 0 Å². The molecular weight excluding hydrogens is 202 g/mol. The number of aromatic amines is 2. The van der Waals surface area contributed by atoms with E-state index in [4.69, 9.17) is 0 Å². The van der Waals surface area contributed by atoms with Crippen LogP contribution >= 0.6 is 0 Å². The summed E-state index contributed by atoms with van der Waals surface area (Å²) < 4.78 is 0. The van der Waals surface area contributed by atoms with Crippen LogP contribution in [0.2, 0.25) is 0 Å². The summed E-state index contributed by atoms with van der Waals surface area (Å²) in [6, 6.07) is 0. The minimum absolute atomic E-state index is 0.812. The van der Waals surface area contributed by atoms with E-state index in [1.807, 2.05) is 33.3 Å². The third-order valence-corrected chi connectivity index (χ3v) is 1.97. The zero-order valence-electron chi connectivity index (χ0n) is 10.1. The summed E-state index contributed by atoms with van der Waals surface area (Å²) in [7, 11) is 2.04. The Morgan fingerprint density at radius 3 is 2.62 bits per heavy atom. The molecule has 0 aliphatic rings. The Morgan fingerprint density at radius 1 is 1.25 bits per heavy atom. The summed E-state index contributed by atoms with van der Waals surface area (Å²) in [5.74, 6) is 0.979. The Balaban J connectivity index is 0.000000606. The highest BCUT2D eigenvalue weighted by Crippen LogP contribution is 2.01. The lowest BCUT2D eigenvalue weighted by Crippen LogP contribution is -2.18. The minimum Gasteiger partial charge on any atom is -0.348 e. The third-order valence-electron chi connectivity index (χ3n) is 1.97. The van der Waals surface area contributed by atoms with Crippen LogP contribution in [-0.2, 0) is 13.1 Å². The quantitative estimate of drug-likeness (QED) is 0.827. The van der Waals surface area contributed by atoms with Crippen molar-refractivity contribution in [3.63, 3.8) is 0 Å². The molecule has 0 unspecified atom stereocenters. The molecule has 2 aromatic heterocycles. The molecule has 88 valence electrons. The molecule has 5 nitrogen and oxygen atoms in total. The van der Waals surface area contributed by atoms with Crippen molar-refractivity contribution in [2.45, 2.75) is 26.9 Å². The lowest BCUT2D eigenvalue weighted by atomic mass is 10.4. The van der Waals surface area contributed by atoms with Gasteiger partial charge in [-0.3, -0.25) is 4.90 Å². The van der Waals surface area contributed by atoms with E-state index in [0.717, 1.165) is 24.6 Å². The van der Waals surface area contributed by atoms with Crippen molar-refractivity contribution in [1.29, 1.82) is 0 Å². The maximum Gasteiger partial charge on any atom is 0.120 e. The van der Waals surface area contributed by atoms with Gasteiger partial charge in [-0.2, -0.15) is 0 Å². The van der Waals surface area contributed by atoms with Gasteiger partial charge in [0, 0.05) is 30.8 Å². The SMILES string of the molecule is CC.CN(Cc1cnc[nH]1)Cc1ncc[nH]1. The lowest BCUT2D eigenvalue weighted by molar-refractivity contribution is 0.308. The lowest BCUT2D eigenvalue weighted by Gasteiger charge is -2.13. The van der Waals surface area contributed by atoms with Crippen LogP contribution in [-0.4, -0.2) is 31.9 Å². The number of nitrogens with one attached hydrogen (secondary N) is 2. The van der Waals surface area contributed by atoms with Gasteiger partial charge in [0.15, 0.2) is 0 Å². The average Bonchev–Trinajstić information content (AvgIpc) is 2.94. The molecule has 0 amide bonds. The van der Waals surface area contributed by atoms with Crippen molar-refractivity contribution < 1.29 is 0 Å². The van der Waals surface area contributed by atoms with Crippen LogP contribution in [0, 0.1) is 0 Å². The van der Waals surface area contributed by atoms with E-state index in [9.17, 15) is 0 Å². The molecular formula is C11H19N5. The largest absolute Gasteiger partial charge is 0.348 e. The predicted molar refractivity (Wildman–Crippen MR) is 63.7 cm³/mol. The van der Waals surface area contributed by atoms with E-state index in [0.29, 0.717) is 0 Å². The maximum atomic E-state index is 4.16. The number of imidazole rings is 2. The van der Waals surface area contributed by atoms with E-state index in [1.165, 1.54) is 0 Å². The maximum absolute atomic E-state index is 4.16. The molecule has 0 aromatic carbocycles. The van der Waals surface area contributed by atoms with E-state index in [-0.39, 0.29) is 0 Å². The van der Waals surface area contributed by atoms with Crippen molar-refractivity contribution in [2.24, 2.45) is 0 Å². The molecule has 0 saturated heterocycles. The molecule has 0 fully saturated rings. The molecule has 0 aliphatic carbocycles. The van der Waals surface area contributed by atoms with Gasteiger partial charge < -0.3 is 9.97 Å². The van der Waals surface area contributed by atoms with Gasteiger partial charge in [-0.1, -0.05) is 13.8 Å². The number of rotatable bonds is 4. The predicted octanol–water partition coefficient (Wildman–Crippen LogP) is 1.79. The first kappa shape index (κ1) is 12.4. The molecule has 2 rings (SSSR count). The average molecular weight is 221 g/mol. The fourth-order valence-electron chi connectivity index (χ4n) is 1.36. The molecule has 0 bridgehead atoms. The highest BCUT2D eigenvalue weighted by atomic mass is 15.1. The molecule has 0 saturated carbocycles. The number of hydrogen-bond donors (Lipinski definition) is 2. The van der Waals surface area contributed by atoms with Crippen molar-refractivity contribution in [3.8, 4) is 0 Å². The van der Waals surface area contributed by atoms with Crippen LogP contribution in [0.3, 0.4) is 0 Å². The summed E-state index contributed by atoms with van der Waals surface area (Å²) in [4.78, 5) is 16.4. The smallest absolute Gasteiger partial charge is 0.120 e. The van der Waals surface area contributed by atoms with Crippen molar-refractivity contribution in [2.75, 3.05) is 7.05 Å². The normalized spacial score (nSPS) is 10.0. The van der Waals surface area contributed by atoms with Gasteiger partial charge in [0.05, 0.1) is 12.9 Å². The van der Waals surface area contributed by atoms with Gasteiger partial charge in [0.2, 0.25) is 0 Å². The summed E-state index contributed by atoms with van der Waals surface area (Å²) >= 11 is 0. The Labute approximate surface area is 95.9 Å². The molecule has 16 heavy (non-hydrogen) atoms. The monoisotopic (exact) mass is 221 g/mol. The van der Waals surface area contributed by atoms with E-state index in [1.54, 1.807) is 12.5 Å². The summed E-state index contributed by atoms with van der Waals surface area (Å²) in [6.07, 6.45) is 7.12. The number of H-pyrrole nitrogens is 2. The van der Waals surface area contributed by atoms with Crippen LogP contribution in [0.25, 0.3) is 0 Å². The standard InChI is InChI=1S/C9H13N5.C2H6/c1-14(5-8-4-10-7-13-8)6-9-11-2-3-12-9;1-2/h2-4,7H,5-6H2,1H3,(H,10,13)(H,11,12);1-2H3. The van der Waals surface area contributed by atoms with Gasteiger partial charge in [0.25, 0.3) is 0 Å². The second kappa shape index (κ2) is 6.79. The van der Waals surface area contributed by atoms with Crippen LogP contribution < -0.4 is 0 Å². The second-order valence-corrected chi connectivity index (χ2v) is 3.29. The van der Waals surface area contributed by atoms with Gasteiger partial charge in [0.1, 0.15) is 5.82 Å². The van der Waals surface area contributed by atoms with E-state index in [2.05, 4.69) is 24.8 Å². The molecule has 0 spiro atoms. The molecule has 2 N–H and O–H groups in total.